The van der Waals surface area contributed by atoms with Gasteiger partial charge in [0.2, 0.25) is 5.91 Å². The van der Waals surface area contributed by atoms with Crippen molar-refractivity contribution in [3.63, 3.8) is 0 Å². The van der Waals surface area contributed by atoms with Gasteiger partial charge in [-0.05, 0) is 50.3 Å². The normalized spacial score (nSPS) is 10.3. The second-order valence-corrected chi connectivity index (χ2v) is 6.65. The van der Waals surface area contributed by atoms with Crippen LogP contribution in [0.1, 0.15) is 18.9 Å². The summed E-state index contributed by atoms with van der Waals surface area (Å²) in [6.07, 6.45) is 0.904. The molecule has 4 nitrogen and oxygen atoms in total. The molecule has 0 aliphatic carbocycles. The van der Waals surface area contributed by atoms with E-state index in [9.17, 15) is 4.79 Å². The maximum absolute atomic E-state index is 12.0. The molecule has 0 atom stereocenters. The summed E-state index contributed by atoms with van der Waals surface area (Å²) in [5.41, 5.74) is 1.94. The average Bonchev–Trinajstić information content (AvgIpc) is 2.61. The number of aryl methyl sites for hydroxylation is 1. The third-order valence-electron chi connectivity index (χ3n) is 3.42. The van der Waals surface area contributed by atoms with Gasteiger partial charge in [0.1, 0.15) is 11.5 Å². The van der Waals surface area contributed by atoms with Crippen LogP contribution in [0.25, 0.3) is 0 Å². The van der Waals surface area contributed by atoms with Gasteiger partial charge in [0.05, 0.1) is 24.7 Å². The minimum atomic E-state index is -0.0170. The first kappa shape index (κ1) is 19.2. The molecule has 1 N–H and O–H groups in total. The minimum Gasteiger partial charge on any atom is -0.494 e. The summed E-state index contributed by atoms with van der Waals surface area (Å²) >= 11 is 1.60. The highest BCUT2D eigenvalue weighted by Crippen LogP contribution is 2.23. The lowest BCUT2D eigenvalue weighted by atomic mass is 10.2. The van der Waals surface area contributed by atoms with Crippen LogP contribution in [-0.2, 0) is 4.79 Å². The highest BCUT2D eigenvalue weighted by molar-refractivity contribution is 7.99. The number of para-hydroxylation sites is 2. The number of rotatable bonds is 10. The monoisotopic (exact) mass is 359 g/mol. The number of hydrogen-bond acceptors (Lipinski definition) is 4. The van der Waals surface area contributed by atoms with Crippen LogP contribution in [0, 0.1) is 6.92 Å². The molecule has 0 bridgehead atoms. The first-order valence-electron chi connectivity index (χ1n) is 8.48. The fourth-order valence-corrected chi connectivity index (χ4v) is 2.91. The number of ether oxygens (including phenoxy) is 2. The Morgan fingerprint density at radius 3 is 2.60 bits per heavy atom. The molecule has 2 aromatic rings. The fraction of sp³-hybridized carbons (Fsp3) is 0.350. The van der Waals surface area contributed by atoms with Crippen LogP contribution in [0.2, 0.25) is 0 Å². The SMILES string of the molecule is CCOc1ccccc1NC(=O)CSCCCOc1ccc(C)cc1. The Morgan fingerprint density at radius 2 is 1.84 bits per heavy atom. The zero-order valence-electron chi connectivity index (χ0n) is 14.8. The second-order valence-electron chi connectivity index (χ2n) is 5.55. The Morgan fingerprint density at radius 1 is 1.08 bits per heavy atom. The average molecular weight is 359 g/mol. The van der Waals surface area contributed by atoms with Gasteiger partial charge in [-0.25, -0.2) is 0 Å². The molecule has 25 heavy (non-hydrogen) atoms. The zero-order valence-corrected chi connectivity index (χ0v) is 15.6. The van der Waals surface area contributed by atoms with Crippen LogP contribution in [0.5, 0.6) is 11.5 Å². The molecule has 134 valence electrons. The Kier molecular flexibility index (Phi) is 8.19. The molecule has 0 saturated heterocycles. The van der Waals surface area contributed by atoms with Gasteiger partial charge in [0.25, 0.3) is 0 Å². The van der Waals surface area contributed by atoms with Crippen molar-refractivity contribution >= 4 is 23.4 Å². The largest absolute Gasteiger partial charge is 0.494 e. The molecular formula is C20H25NO3S. The maximum atomic E-state index is 12.0. The van der Waals surface area contributed by atoms with Crippen molar-refractivity contribution in [2.24, 2.45) is 0 Å². The van der Waals surface area contributed by atoms with Gasteiger partial charge in [0, 0.05) is 0 Å². The van der Waals surface area contributed by atoms with Crippen LogP contribution in [0.4, 0.5) is 5.69 Å². The Bertz CT molecular complexity index is 658. The molecule has 0 aliphatic rings. The number of nitrogens with one attached hydrogen (secondary N) is 1. The van der Waals surface area contributed by atoms with E-state index in [4.69, 9.17) is 9.47 Å². The number of hydrogen-bond donors (Lipinski definition) is 1. The van der Waals surface area contributed by atoms with Crippen molar-refractivity contribution in [1.82, 2.24) is 0 Å². The summed E-state index contributed by atoms with van der Waals surface area (Å²) in [5, 5.41) is 2.90. The lowest BCUT2D eigenvalue weighted by Gasteiger charge is -2.11. The topological polar surface area (TPSA) is 47.6 Å². The predicted octanol–water partition coefficient (Wildman–Crippen LogP) is 4.53. The third kappa shape index (κ3) is 7.10. The van der Waals surface area contributed by atoms with Crippen LogP contribution < -0.4 is 14.8 Å². The van der Waals surface area contributed by atoms with E-state index < -0.39 is 0 Å². The zero-order chi connectivity index (χ0) is 17.9. The highest BCUT2D eigenvalue weighted by atomic mass is 32.2. The molecule has 0 aliphatic heterocycles. The standard InChI is InChI=1S/C20H25NO3S/c1-3-23-19-8-5-4-7-18(19)21-20(22)15-25-14-6-13-24-17-11-9-16(2)10-12-17/h4-5,7-12H,3,6,13-15H2,1-2H3,(H,21,22). The molecule has 0 heterocycles. The van der Waals surface area contributed by atoms with Gasteiger partial charge >= 0.3 is 0 Å². The molecule has 0 spiro atoms. The number of anilines is 1. The van der Waals surface area contributed by atoms with E-state index >= 15 is 0 Å². The summed E-state index contributed by atoms with van der Waals surface area (Å²) in [6.45, 7) is 5.21. The summed E-state index contributed by atoms with van der Waals surface area (Å²) < 4.78 is 11.2. The van der Waals surface area contributed by atoms with Gasteiger partial charge in [-0.2, -0.15) is 11.8 Å². The van der Waals surface area contributed by atoms with Crippen LogP contribution in [-0.4, -0.2) is 30.6 Å². The lowest BCUT2D eigenvalue weighted by molar-refractivity contribution is -0.113. The van der Waals surface area contributed by atoms with Gasteiger partial charge in [-0.15, -0.1) is 0 Å². The van der Waals surface area contributed by atoms with Crippen LogP contribution in [0.15, 0.2) is 48.5 Å². The first-order chi connectivity index (χ1) is 12.2. The molecule has 0 radical (unpaired) electrons. The Balaban J connectivity index is 1.61. The summed E-state index contributed by atoms with van der Waals surface area (Å²) in [4.78, 5) is 12.0. The van der Waals surface area contributed by atoms with E-state index in [1.54, 1.807) is 11.8 Å². The van der Waals surface area contributed by atoms with Crippen molar-refractivity contribution in [1.29, 1.82) is 0 Å². The van der Waals surface area contributed by atoms with Crippen molar-refractivity contribution in [3.8, 4) is 11.5 Å². The molecular weight excluding hydrogens is 334 g/mol. The summed E-state index contributed by atoms with van der Waals surface area (Å²) in [7, 11) is 0. The molecule has 0 aromatic heterocycles. The lowest BCUT2D eigenvalue weighted by Crippen LogP contribution is -2.15. The van der Waals surface area contributed by atoms with Crippen molar-refractivity contribution in [2.45, 2.75) is 20.3 Å². The fourth-order valence-electron chi connectivity index (χ4n) is 2.19. The van der Waals surface area contributed by atoms with E-state index in [0.29, 0.717) is 24.7 Å². The molecule has 2 rings (SSSR count). The molecule has 0 saturated carbocycles. The van der Waals surface area contributed by atoms with Gasteiger partial charge < -0.3 is 14.8 Å². The number of amides is 1. The predicted molar refractivity (Wildman–Crippen MR) is 105 cm³/mol. The Labute approximate surface area is 153 Å². The van der Waals surface area contributed by atoms with Crippen molar-refractivity contribution in [2.75, 3.05) is 30.0 Å². The van der Waals surface area contributed by atoms with Crippen LogP contribution >= 0.6 is 11.8 Å². The quantitative estimate of drug-likeness (QED) is 0.633. The molecule has 0 fully saturated rings. The van der Waals surface area contributed by atoms with Gasteiger partial charge in [-0.3, -0.25) is 4.79 Å². The van der Waals surface area contributed by atoms with E-state index in [0.717, 1.165) is 23.6 Å². The number of carbonyl (C=O) groups is 1. The Hall–Kier alpha value is -2.14. The summed E-state index contributed by atoms with van der Waals surface area (Å²) in [5.74, 6) is 2.88. The van der Waals surface area contributed by atoms with E-state index in [1.807, 2.05) is 55.5 Å². The maximum Gasteiger partial charge on any atom is 0.234 e. The summed E-state index contributed by atoms with van der Waals surface area (Å²) in [6, 6.07) is 15.5. The molecule has 2 aromatic carbocycles. The van der Waals surface area contributed by atoms with Crippen LogP contribution in [0.3, 0.4) is 0 Å². The van der Waals surface area contributed by atoms with E-state index in [1.165, 1.54) is 5.56 Å². The van der Waals surface area contributed by atoms with Gasteiger partial charge in [0.15, 0.2) is 0 Å². The minimum absolute atomic E-state index is 0.0170. The third-order valence-corrected chi connectivity index (χ3v) is 4.46. The molecule has 5 heteroatoms. The van der Waals surface area contributed by atoms with Crippen molar-refractivity contribution in [3.05, 3.63) is 54.1 Å². The molecule has 1 amide bonds. The second kappa shape index (κ2) is 10.7. The smallest absolute Gasteiger partial charge is 0.234 e. The number of carbonyl (C=O) groups excluding carboxylic acids is 1. The van der Waals surface area contributed by atoms with Crippen molar-refractivity contribution < 1.29 is 14.3 Å². The van der Waals surface area contributed by atoms with E-state index in [-0.39, 0.29) is 5.91 Å². The number of benzene rings is 2. The van der Waals surface area contributed by atoms with Gasteiger partial charge in [-0.1, -0.05) is 29.8 Å². The van der Waals surface area contributed by atoms with E-state index in [2.05, 4.69) is 12.2 Å². The number of thioether (sulfide) groups is 1. The highest BCUT2D eigenvalue weighted by Gasteiger charge is 2.07. The first-order valence-corrected chi connectivity index (χ1v) is 9.63. The molecule has 0 unspecified atom stereocenters.